The van der Waals surface area contributed by atoms with Crippen molar-refractivity contribution in [2.75, 3.05) is 0 Å². The molecular formula is C14H16O. The number of aryl methyl sites for hydroxylation is 1. The summed E-state index contributed by atoms with van der Waals surface area (Å²) >= 11 is 0. The second kappa shape index (κ2) is 3.93. The highest BCUT2D eigenvalue weighted by molar-refractivity contribution is 5.62. The van der Waals surface area contributed by atoms with E-state index in [1.807, 2.05) is 12.1 Å². The van der Waals surface area contributed by atoms with Crippen LogP contribution < -0.4 is 0 Å². The standard InChI is InChI=1S/C14H16O/c1-10(2)12-6-7-13(11(3)9-12)14-5-4-8-15-14/h4-10H,1-3H3. The Kier molecular flexibility index (Phi) is 2.63. The summed E-state index contributed by atoms with van der Waals surface area (Å²) in [4.78, 5) is 0. The van der Waals surface area contributed by atoms with Crippen LogP contribution in [0.1, 0.15) is 30.9 Å². The van der Waals surface area contributed by atoms with E-state index in [2.05, 4.69) is 39.0 Å². The molecule has 2 aromatic rings. The first-order valence-electron chi connectivity index (χ1n) is 5.33. The van der Waals surface area contributed by atoms with Crippen molar-refractivity contribution < 1.29 is 4.42 Å². The zero-order valence-corrected chi connectivity index (χ0v) is 9.45. The molecule has 0 unspecified atom stereocenters. The second-order valence-corrected chi connectivity index (χ2v) is 4.21. The van der Waals surface area contributed by atoms with E-state index in [1.54, 1.807) is 6.26 Å². The summed E-state index contributed by atoms with van der Waals surface area (Å²) in [5, 5.41) is 0. The van der Waals surface area contributed by atoms with Gasteiger partial charge in [-0.25, -0.2) is 0 Å². The summed E-state index contributed by atoms with van der Waals surface area (Å²) in [5.41, 5.74) is 3.84. The van der Waals surface area contributed by atoms with Crippen LogP contribution in [0.25, 0.3) is 11.3 Å². The molecule has 0 aliphatic rings. The highest BCUT2D eigenvalue weighted by Gasteiger charge is 2.06. The maximum absolute atomic E-state index is 5.40. The van der Waals surface area contributed by atoms with Crippen molar-refractivity contribution in [2.45, 2.75) is 26.7 Å². The molecule has 0 bridgehead atoms. The largest absolute Gasteiger partial charge is 0.464 e. The molecule has 1 aromatic carbocycles. The van der Waals surface area contributed by atoms with Crippen molar-refractivity contribution in [1.29, 1.82) is 0 Å². The van der Waals surface area contributed by atoms with Gasteiger partial charge >= 0.3 is 0 Å². The Morgan fingerprint density at radius 3 is 2.47 bits per heavy atom. The molecular weight excluding hydrogens is 184 g/mol. The molecule has 0 aliphatic heterocycles. The Labute approximate surface area is 90.7 Å². The monoisotopic (exact) mass is 200 g/mol. The Bertz CT molecular complexity index is 438. The third-order valence-corrected chi connectivity index (χ3v) is 2.70. The lowest BCUT2D eigenvalue weighted by molar-refractivity contribution is 0.582. The van der Waals surface area contributed by atoms with E-state index >= 15 is 0 Å². The van der Waals surface area contributed by atoms with Gasteiger partial charge in [-0.2, -0.15) is 0 Å². The molecule has 0 saturated carbocycles. The van der Waals surface area contributed by atoms with Crippen LogP contribution in [-0.2, 0) is 0 Å². The molecule has 0 aliphatic carbocycles. The van der Waals surface area contributed by atoms with Gasteiger partial charge in [-0.3, -0.25) is 0 Å². The Balaban J connectivity index is 2.44. The topological polar surface area (TPSA) is 13.1 Å². The average molecular weight is 200 g/mol. The molecule has 0 atom stereocenters. The molecule has 1 heteroatoms. The average Bonchev–Trinajstić information content (AvgIpc) is 2.70. The summed E-state index contributed by atoms with van der Waals surface area (Å²) < 4.78 is 5.40. The van der Waals surface area contributed by atoms with Crippen LogP contribution in [-0.4, -0.2) is 0 Å². The van der Waals surface area contributed by atoms with Gasteiger partial charge in [-0.1, -0.05) is 32.0 Å². The third kappa shape index (κ3) is 1.96. The summed E-state index contributed by atoms with van der Waals surface area (Å²) in [6.07, 6.45) is 1.71. The Morgan fingerprint density at radius 2 is 1.93 bits per heavy atom. The van der Waals surface area contributed by atoms with Gasteiger partial charge in [0, 0.05) is 5.56 Å². The molecule has 2 rings (SSSR count). The van der Waals surface area contributed by atoms with Gasteiger partial charge in [-0.05, 0) is 36.1 Å². The van der Waals surface area contributed by atoms with Gasteiger partial charge in [-0.15, -0.1) is 0 Å². The van der Waals surface area contributed by atoms with Crippen molar-refractivity contribution in [1.82, 2.24) is 0 Å². The number of furan rings is 1. The lowest BCUT2D eigenvalue weighted by Crippen LogP contribution is -1.89. The molecule has 0 radical (unpaired) electrons. The predicted octanol–water partition coefficient (Wildman–Crippen LogP) is 4.38. The van der Waals surface area contributed by atoms with Crippen molar-refractivity contribution in [3.8, 4) is 11.3 Å². The molecule has 0 fully saturated rings. The molecule has 1 nitrogen and oxygen atoms in total. The smallest absolute Gasteiger partial charge is 0.134 e. The van der Waals surface area contributed by atoms with Crippen LogP contribution in [0.15, 0.2) is 41.0 Å². The van der Waals surface area contributed by atoms with Crippen molar-refractivity contribution in [3.63, 3.8) is 0 Å². The second-order valence-electron chi connectivity index (χ2n) is 4.21. The fourth-order valence-corrected chi connectivity index (χ4v) is 1.75. The minimum absolute atomic E-state index is 0.578. The SMILES string of the molecule is Cc1cc(C(C)C)ccc1-c1ccco1. The van der Waals surface area contributed by atoms with Crippen LogP contribution in [0.4, 0.5) is 0 Å². The Morgan fingerprint density at radius 1 is 1.13 bits per heavy atom. The van der Waals surface area contributed by atoms with Gasteiger partial charge in [0.05, 0.1) is 6.26 Å². The van der Waals surface area contributed by atoms with Crippen LogP contribution in [0, 0.1) is 6.92 Å². The van der Waals surface area contributed by atoms with E-state index in [1.165, 1.54) is 16.7 Å². The van der Waals surface area contributed by atoms with E-state index in [4.69, 9.17) is 4.42 Å². The summed E-state index contributed by atoms with van der Waals surface area (Å²) in [7, 11) is 0. The molecule has 1 heterocycles. The molecule has 15 heavy (non-hydrogen) atoms. The minimum Gasteiger partial charge on any atom is -0.464 e. The van der Waals surface area contributed by atoms with Crippen LogP contribution in [0.2, 0.25) is 0 Å². The maximum atomic E-state index is 5.40. The summed E-state index contributed by atoms with van der Waals surface area (Å²) in [6.45, 7) is 6.55. The summed E-state index contributed by atoms with van der Waals surface area (Å²) in [6, 6.07) is 10.5. The minimum atomic E-state index is 0.578. The highest BCUT2D eigenvalue weighted by Crippen LogP contribution is 2.26. The maximum Gasteiger partial charge on any atom is 0.134 e. The zero-order chi connectivity index (χ0) is 10.8. The molecule has 78 valence electrons. The van der Waals surface area contributed by atoms with E-state index < -0.39 is 0 Å². The Hall–Kier alpha value is -1.50. The number of hydrogen-bond donors (Lipinski definition) is 0. The first-order chi connectivity index (χ1) is 7.18. The van der Waals surface area contributed by atoms with Crippen molar-refractivity contribution in [3.05, 3.63) is 47.7 Å². The first-order valence-corrected chi connectivity index (χ1v) is 5.33. The fourth-order valence-electron chi connectivity index (χ4n) is 1.75. The molecule has 0 spiro atoms. The number of benzene rings is 1. The van der Waals surface area contributed by atoms with E-state index in [0.717, 1.165) is 5.76 Å². The van der Waals surface area contributed by atoms with E-state index in [0.29, 0.717) is 5.92 Å². The molecule has 1 aromatic heterocycles. The molecule has 0 N–H and O–H groups in total. The highest BCUT2D eigenvalue weighted by atomic mass is 16.3. The molecule has 0 saturated heterocycles. The van der Waals surface area contributed by atoms with Crippen LogP contribution in [0.5, 0.6) is 0 Å². The fraction of sp³-hybridized carbons (Fsp3) is 0.286. The van der Waals surface area contributed by atoms with Gasteiger partial charge in [0.25, 0.3) is 0 Å². The van der Waals surface area contributed by atoms with Crippen LogP contribution in [0.3, 0.4) is 0 Å². The zero-order valence-electron chi connectivity index (χ0n) is 9.45. The molecule has 0 amide bonds. The first kappa shape index (κ1) is 10.0. The van der Waals surface area contributed by atoms with Gasteiger partial charge in [0.2, 0.25) is 0 Å². The van der Waals surface area contributed by atoms with Gasteiger partial charge in [0.15, 0.2) is 0 Å². The van der Waals surface area contributed by atoms with E-state index in [-0.39, 0.29) is 0 Å². The third-order valence-electron chi connectivity index (χ3n) is 2.70. The quantitative estimate of drug-likeness (QED) is 0.701. The van der Waals surface area contributed by atoms with E-state index in [9.17, 15) is 0 Å². The van der Waals surface area contributed by atoms with Gasteiger partial charge in [0.1, 0.15) is 5.76 Å². The van der Waals surface area contributed by atoms with Crippen molar-refractivity contribution >= 4 is 0 Å². The van der Waals surface area contributed by atoms with Gasteiger partial charge < -0.3 is 4.42 Å². The predicted molar refractivity (Wildman–Crippen MR) is 63.0 cm³/mol. The number of rotatable bonds is 2. The normalized spacial score (nSPS) is 10.9. The summed E-state index contributed by atoms with van der Waals surface area (Å²) in [5.74, 6) is 1.53. The lowest BCUT2D eigenvalue weighted by Gasteiger charge is -2.09. The lowest BCUT2D eigenvalue weighted by atomic mass is 9.97. The van der Waals surface area contributed by atoms with Crippen LogP contribution >= 0.6 is 0 Å². The van der Waals surface area contributed by atoms with Crippen molar-refractivity contribution in [2.24, 2.45) is 0 Å². The number of hydrogen-bond acceptors (Lipinski definition) is 1.